The molecule has 3 N–H and O–H groups in total. The number of H-pyrrole nitrogens is 1. The lowest BCUT2D eigenvalue weighted by Crippen LogP contribution is -2.32. The van der Waals surface area contributed by atoms with Crippen LogP contribution in [0.3, 0.4) is 0 Å². The van der Waals surface area contributed by atoms with Crippen molar-refractivity contribution in [1.82, 2.24) is 20.3 Å². The Morgan fingerprint density at radius 2 is 2.50 bits per heavy atom. The SMILES string of the molecule is CC1CN(C(=O)c2cn[nH]n2)CC1N. The number of carbonyl (C=O) groups is 1. The number of nitrogens with two attached hydrogens (primary N) is 1. The van der Waals surface area contributed by atoms with Crippen LogP contribution in [0.5, 0.6) is 0 Å². The summed E-state index contributed by atoms with van der Waals surface area (Å²) in [5, 5.41) is 9.76. The maximum Gasteiger partial charge on any atom is 0.276 e. The van der Waals surface area contributed by atoms with E-state index >= 15 is 0 Å². The van der Waals surface area contributed by atoms with Gasteiger partial charge in [0.15, 0.2) is 5.69 Å². The summed E-state index contributed by atoms with van der Waals surface area (Å²) in [6.45, 7) is 3.35. The molecule has 0 aliphatic carbocycles. The van der Waals surface area contributed by atoms with Crippen molar-refractivity contribution in [3.63, 3.8) is 0 Å². The Balaban J connectivity index is 2.07. The van der Waals surface area contributed by atoms with E-state index in [0.29, 0.717) is 24.7 Å². The van der Waals surface area contributed by atoms with Gasteiger partial charge in [-0.25, -0.2) is 0 Å². The van der Waals surface area contributed by atoms with Gasteiger partial charge in [0, 0.05) is 19.1 Å². The molecule has 2 rings (SSSR count). The van der Waals surface area contributed by atoms with E-state index in [9.17, 15) is 4.79 Å². The van der Waals surface area contributed by atoms with Crippen molar-refractivity contribution in [2.45, 2.75) is 13.0 Å². The van der Waals surface area contributed by atoms with Crippen LogP contribution in [0.2, 0.25) is 0 Å². The Hall–Kier alpha value is -1.43. The minimum absolute atomic E-state index is 0.0749. The van der Waals surface area contributed by atoms with E-state index in [1.54, 1.807) is 4.90 Å². The van der Waals surface area contributed by atoms with Gasteiger partial charge in [-0.15, -0.1) is 0 Å². The molecule has 0 radical (unpaired) electrons. The Morgan fingerprint density at radius 1 is 1.71 bits per heavy atom. The minimum atomic E-state index is -0.0986. The van der Waals surface area contributed by atoms with Crippen LogP contribution in [-0.4, -0.2) is 45.3 Å². The van der Waals surface area contributed by atoms with E-state index in [0.717, 1.165) is 0 Å². The Morgan fingerprint density at radius 3 is 3.00 bits per heavy atom. The van der Waals surface area contributed by atoms with Gasteiger partial charge in [0.25, 0.3) is 5.91 Å². The molecule has 0 bridgehead atoms. The molecule has 0 aromatic carbocycles. The minimum Gasteiger partial charge on any atom is -0.335 e. The van der Waals surface area contributed by atoms with Gasteiger partial charge in [-0.2, -0.15) is 15.4 Å². The van der Waals surface area contributed by atoms with Crippen LogP contribution in [-0.2, 0) is 0 Å². The third-order valence-corrected chi connectivity index (χ3v) is 2.59. The quantitative estimate of drug-likeness (QED) is 0.615. The summed E-state index contributed by atoms with van der Waals surface area (Å²) < 4.78 is 0. The molecule has 6 nitrogen and oxygen atoms in total. The Labute approximate surface area is 81.5 Å². The molecule has 1 aromatic heterocycles. The lowest BCUT2D eigenvalue weighted by Gasteiger charge is -2.13. The third-order valence-electron chi connectivity index (χ3n) is 2.59. The molecule has 0 spiro atoms. The molecule has 1 aliphatic heterocycles. The first-order valence-corrected chi connectivity index (χ1v) is 4.59. The molecule has 2 atom stereocenters. The lowest BCUT2D eigenvalue weighted by molar-refractivity contribution is 0.0781. The largest absolute Gasteiger partial charge is 0.335 e. The van der Waals surface area contributed by atoms with Crippen LogP contribution in [0.25, 0.3) is 0 Å². The summed E-state index contributed by atoms with van der Waals surface area (Å²) >= 11 is 0. The van der Waals surface area contributed by atoms with Gasteiger partial charge in [-0.3, -0.25) is 4.79 Å². The summed E-state index contributed by atoms with van der Waals surface area (Å²) in [5.41, 5.74) is 6.18. The van der Waals surface area contributed by atoms with E-state index in [4.69, 9.17) is 5.73 Å². The lowest BCUT2D eigenvalue weighted by atomic mass is 10.1. The average Bonchev–Trinajstić information content (AvgIpc) is 2.76. The van der Waals surface area contributed by atoms with Gasteiger partial charge in [-0.1, -0.05) is 6.92 Å². The first-order chi connectivity index (χ1) is 6.68. The fourth-order valence-corrected chi connectivity index (χ4v) is 1.62. The topological polar surface area (TPSA) is 87.9 Å². The van der Waals surface area contributed by atoms with E-state index in [1.165, 1.54) is 6.20 Å². The van der Waals surface area contributed by atoms with E-state index in [1.807, 2.05) is 6.92 Å². The zero-order valence-electron chi connectivity index (χ0n) is 7.97. The molecule has 14 heavy (non-hydrogen) atoms. The standard InChI is InChI=1S/C8H13N5O/c1-5-3-13(4-6(5)9)8(14)7-2-10-12-11-7/h2,5-6H,3-4,9H2,1H3,(H,10,11,12). The van der Waals surface area contributed by atoms with Crippen molar-refractivity contribution in [3.05, 3.63) is 11.9 Å². The number of rotatable bonds is 1. The van der Waals surface area contributed by atoms with Crippen LogP contribution in [0.1, 0.15) is 17.4 Å². The zero-order chi connectivity index (χ0) is 10.1. The molecule has 2 heterocycles. The molecular formula is C8H13N5O. The number of hydrogen-bond donors (Lipinski definition) is 2. The molecular weight excluding hydrogens is 182 g/mol. The predicted octanol–water partition coefficient (Wildman–Crippen LogP) is -0.776. The number of nitrogens with zero attached hydrogens (tertiary/aromatic N) is 3. The van der Waals surface area contributed by atoms with Crippen molar-refractivity contribution in [2.75, 3.05) is 13.1 Å². The second-order valence-corrected chi connectivity index (χ2v) is 3.71. The highest BCUT2D eigenvalue weighted by Gasteiger charge is 2.31. The maximum absolute atomic E-state index is 11.7. The first kappa shape index (κ1) is 9.14. The van der Waals surface area contributed by atoms with Gasteiger partial charge >= 0.3 is 0 Å². The molecule has 0 saturated carbocycles. The predicted molar refractivity (Wildman–Crippen MR) is 49.4 cm³/mol. The summed E-state index contributed by atoms with van der Waals surface area (Å²) in [4.78, 5) is 13.5. The highest BCUT2D eigenvalue weighted by molar-refractivity contribution is 5.92. The first-order valence-electron chi connectivity index (χ1n) is 4.59. The summed E-state index contributed by atoms with van der Waals surface area (Å²) in [6.07, 6.45) is 1.43. The summed E-state index contributed by atoms with van der Waals surface area (Å²) in [5.74, 6) is 0.254. The number of likely N-dealkylation sites (tertiary alicyclic amines) is 1. The van der Waals surface area contributed by atoms with Crippen LogP contribution >= 0.6 is 0 Å². The molecule has 1 aromatic rings. The molecule has 1 fully saturated rings. The van der Waals surface area contributed by atoms with Crippen molar-refractivity contribution in [1.29, 1.82) is 0 Å². The van der Waals surface area contributed by atoms with Gasteiger partial charge in [0.05, 0.1) is 6.20 Å². The van der Waals surface area contributed by atoms with Crippen LogP contribution in [0, 0.1) is 5.92 Å². The highest BCUT2D eigenvalue weighted by Crippen LogP contribution is 2.16. The number of aromatic nitrogens is 3. The number of amides is 1. The molecule has 76 valence electrons. The normalized spacial score (nSPS) is 26.9. The third kappa shape index (κ3) is 1.48. The van der Waals surface area contributed by atoms with E-state index < -0.39 is 0 Å². The number of carbonyl (C=O) groups excluding carboxylic acids is 1. The highest BCUT2D eigenvalue weighted by atomic mass is 16.2. The monoisotopic (exact) mass is 195 g/mol. The van der Waals surface area contributed by atoms with Crippen LogP contribution in [0.15, 0.2) is 6.20 Å². The van der Waals surface area contributed by atoms with E-state index in [-0.39, 0.29) is 11.9 Å². The fourth-order valence-electron chi connectivity index (χ4n) is 1.62. The van der Waals surface area contributed by atoms with Crippen molar-refractivity contribution < 1.29 is 4.79 Å². The van der Waals surface area contributed by atoms with Gasteiger partial charge in [0.1, 0.15) is 0 Å². The second-order valence-electron chi connectivity index (χ2n) is 3.71. The Bertz CT molecular complexity index is 312. The summed E-state index contributed by atoms with van der Waals surface area (Å²) in [6, 6.07) is 0.0749. The number of hydrogen-bond acceptors (Lipinski definition) is 4. The number of aromatic amines is 1. The summed E-state index contributed by atoms with van der Waals surface area (Å²) in [7, 11) is 0. The van der Waals surface area contributed by atoms with E-state index in [2.05, 4.69) is 15.4 Å². The number of nitrogens with one attached hydrogen (secondary N) is 1. The van der Waals surface area contributed by atoms with Crippen LogP contribution < -0.4 is 5.73 Å². The molecule has 1 amide bonds. The second kappa shape index (κ2) is 3.38. The average molecular weight is 195 g/mol. The molecule has 2 unspecified atom stereocenters. The van der Waals surface area contributed by atoms with Crippen LogP contribution in [0.4, 0.5) is 0 Å². The van der Waals surface area contributed by atoms with Crippen molar-refractivity contribution in [2.24, 2.45) is 11.7 Å². The van der Waals surface area contributed by atoms with Crippen molar-refractivity contribution in [3.8, 4) is 0 Å². The molecule has 6 heteroatoms. The Kier molecular flexibility index (Phi) is 2.20. The molecule has 1 saturated heterocycles. The van der Waals surface area contributed by atoms with Crippen molar-refractivity contribution >= 4 is 5.91 Å². The van der Waals surface area contributed by atoms with Gasteiger partial charge < -0.3 is 10.6 Å². The zero-order valence-corrected chi connectivity index (χ0v) is 7.97. The smallest absolute Gasteiger partial charge is 0.276 e. The van der Waals surface area contributed by atoms with Gasteiger partial charge in [0.2, 0.25) is 0 Å². The maximum atomic E-state index is 11.7. The fraction of sp³-hybridized carbons (Fsp3) is 0.625. The molecule has 1 aliphatic rings. The van der Waals surface area contributed by atoms with Gasteiger partial charge in [-0.05, 0) is 5.92 Å².